The molecule has 3 rings (SSSR count). The molecule has 1 heterocycles. The third kappa shape index (κ3) is 5.60. The summed E-state index contributed by atoms with van der Waals surface area (Å²) in [5.74, 6) is 0.533. The molecule has 1 fully saturated rings. The average molecular weight is 402 g/mol. The fraction of sp³-hybridized carbons (Fsp3) is 0.591. The fourth-order valence-electron chi connectivity index (χ4n) is 3.43. The average Bonchev–Trinajstić information content (AvgIpc) is 2.96. The molecule has 1 aromatic carbocycles. The topological polar surface area (TPSA) is 68.0 Å². The van der Waals surface area contributed by atoms with Crippen molar-refractivity contribution in [3.05, 3.63) is 29.8 Å². The van der Waals surface area contributed by atoms with Gasteiger partial charge in [0.1, 0.15) is 0 Å². The highest BCUT2D eigenvalue weighted by atomic mass is 32.2. The Hall–Kier alpha value is -1.82. The van der Waals surface area contributed by atoms with Gasteiger partial charge in [-0.2, -0.15) is 0 Å². The molecule has 2 aromatic rings. The number of rotatable bonds is 5. The summed E-state index contributed by atoms with van der Waals surface area (Å²) < 4.78 is 5.79. The van der Waals surface area contributed by atoms with Gasteiger partial charge in [0.2, 0.25) is 11.8 Å². The van der Waals surface area contributed by atoms with Gasteiger partial charge in [-0.25, -0.2) is 0 Å². The molecule has 0 aliphatic heterocycles. The monoisotopic (exact) mass is 401 g/mol. The van der Waals surface area contributed by atoms with E-state index in [1.807, 2.05) is 19.1 Å². The second kappa shape index (κ2) is 9.12. The molecule has 1 aromatic heterocycles. The summed E-state index contributed by atoms with van der Waals surface area (Å²) in [4.78, 5) is 12.5. The van der Waals surface area contributed by atoms with Crippen molar-refractivity contribution in [3.63, 3.8) is 0 Å². The number of carbonyl (C=O) groups excluding carboxylic acids is 1. The van der Waals surface area contributed by atoms with E-state index in [1.54, 1.807) is 0 Å². The molecule has 1 amide bonds. The van der Waals surface area contributed by atoms with E-state index in [2.05, 4.69) is 48.4 Å². The van der Waals surface area contributed by atoms with Crippen LogP contribution in [0.2, 0.25) is 0 Å². The van der Waals surface area contributed by atoms with Crippen LogP contribution in [0.4, 0.5) is 0 Å². The predicted octanol–water partition coefficient (Wildman–Crippen LogP) is 5.35. The molecule has 0 unspecified atom stereocenters. The zero-order chi connectivity index (χ0) is 20.1. The van der Waals surface area contributed by atoms with Crippen LogP contribution in [-0.4, -0.2) is 27.4 Å². The van der Waals surface area contributed by atoms with E-state index in [4.69, 9.17) is 4.42 Å². The molecule has 5 nitrogen and oxygen atoms in total. The van der Waals surface area contributed by atoms with Crippen LogP contribution in [0.25, 0.3) is 11.5 Å². The Labute approximate surface area is 172 Å². The van der Waals surface area contributed by atoms with Crippen molar-refractivity contribution in [1.29, 1.82) is 0 Å². The summed E-state index contributed by atoms with van der Waals surface area (Å²) in [6.07, 6.45) is 7.12. The van der Waals surface area contributed by atoms with E-state index in [0.717, 1.165) is 18.4 Å². The first-order chi connectivity index (χ1) is 13.3. The second-order valence-corrected chi connectivity index (χ2v) is 9.95. The van der Waals surface area contributed by atoms with E-state index < -0.39 is 0 Å². The van der Waals surface area contributed by atoms with Crippen LogP contribution < -0.4 is 5.32 Å². The van der Waals surface area contributed by atoms with Crippen molar-refractivity contribution < 1.29 is 9.21 Å². The molecule has 1 aliphatic rings. The lowest BCUT2D eigenvalue weighted by Crippen LogP contribution is -2.39. The van der Waals surface area contributed by atoms with Gasteiger partial charge in [-0.15, -0.1) is 10.2 Å². The zero-order valence-electron chi connectivity index (χ0n) is 17.3. The molecule has 1 N–H and O–H groups in total. The van der Waals surface area contributed by atoms with Gasteiger partial charge in [0.15, 0.2) is 0 Å². The summed E-state index contributed by atoms with van der Waals surface area (Å²) in [5, 5.41) is 11.6. The minimum Gasteiger partial charge on any atom is -0.411 e. The maximum Gasteiger partial charge on any atom is 0.277 e. The summed E-state index contributed by atoms with van der Waals surface area (Å²) in [6.45, 7) is 8.44. The van der Waals surface area contributed by atoms with Gasteiger partial charge in [0, 0.05) is 11.6 Å². The predicted molar refractivity (Wildman–Crippen MR) is 113 cm³/mol. The highest BCUT2D eigenvalue weighted by molar-refractivity contribution is 8.00. The van der Waals surface area contributed by atoms with E-state index >= 15 is 0 Å². The summed E-state index contributed by atoms with van der Waals surface area (Å²) in [6, 6.07) is 8.50. The van der Waals surface area contributed by atoms with Crippen molar-refractivity contribution >= 4 is 17.7 Å². The lowest BCUT2D eigenvalue weighted by Gasteiger charge is -2.18. The molecule has 6 heteroatoms. The highest BCUT2D eigenvalue weighted by Gasteiger charge is 2.22. The van der Waals surface area contributed by atoms with Crippen molar-refractivity contribution in [2.45, 2.75) is 88.1 Å². The van der Waals surface area contributed by atoms with Crippen LogP contribution in [0.1, 0.15) is 71.8 Å². The van der Waals surface area contributed by atoms with Crippen LogP contribution in [0, 0.1) is 0 Å². The number of hydrogen-bond acceptors (Lipinski definition) is 5. The second-order valence-electron chi connectivity index (χ2n) is 8.66. The molecule has 0 radical (unpaired) electrons. The smallest absolute Gasteiger partial charge is 0.277 e. The lowest BCUT2D eigenvalue weighted by atomic mass is 9.87. The van der Waals surface area contributed by atoms with Gasteiger partial charge in [0.25, 0.3) is 5.22 Å². The first-order valence-corrected chi connectivity index (χ1v) is 11.1. The van der Waals surface area contributed by atoms with Gasteiger partial charge in [-0.3, -0.25) is 4.79 Å². The largest absolute Gasteiger partial charge is 0.411 e. The first-order valence-electron chi connectivity index (χ1n) is 10.2. The van der Waals surface area contributed by atoms with E-state index in [9.17, 15) is 4.79 Å². The minimum atomic E-state index is -0.264. The summed E-state index contributed by atoms with van der Waals surface area (Å²) in [7, 11) is 0. The number of benzene rings is 1. The molecular formula is C22H31N3O2S. The highest BCUT2D eigenvalue weighted by Crippen LogP contribution is 2.29. The number of carbonyl (C=O) groups is 1. The number of nitrogens with zero attached hydrogens (tertiary/aromatic N) is 2. The number of nitrogens with one attached hydrogen (secondary N) is 1. The van der Waals surface area contributed by atoms with Crippen molar-refractivity contribution in [3.8, 4) is 11.5 Å². The molecule has 0 saturated heterocycles. The van der Waals surface area contributed by atoms with Crippen LogP contribution >= 0.6 is 11.8 Å². The van der Waals surface area contributed by atoms with Crippen molar-refractivity contribution in [2.24, 2.45) is 0 Å². The maximum absolute atomic E-state index is 12.5. The quantitative estimate of drug-likeness (QED) is 0.540. The van der Waals surface area contributed by atoms with Gasteiger partial charge >= 0.3 is 0 Å². The molecule has 0 bridgehead atoms. The molecule has 1 saturated carbocycles. The van der Waals surface area contributed by atoms with Gasteiger partial charge in [-0.1, -0.05) is 70.3 Å². The lowest BCUT2D eigenvalue weighted by molar-refractivity contribution is -0.121. The van der Waals surface area contributed by atoms with Gasteiger partial charge in [0.05, 0.1) is 5.25 Å². The minimum absolute atomic E-state index is 0.0474. The first kappa shape index (κ1) is 20.9. The van der Waals surface area contributed by atoms with E-state index in [-0.39, 0.29) is 16.6 Å². The maximum atomic E-state index is 12.5. The summed E-state index contributed by atoms with van der Waals surface area (Å²) >= 11 is 1.32. The number of aromatic nitrogens is 2. The summed E-state index contributed by atoms with van der Waals surface area (Å²) in [5.41, 5.74) is 2.26. The van der Waals surface area contributed by atoms with Crippen molar-refractivity contribution in [2.75, 3.05) is 0 Å². The Kier molecular flexibility index (Phi) is 6.81. The van der Waals surface area contributed by atoms with Gasteiger partial charge < -0.3 is 9.73 Å². The Morgan fingerprint density at radius 2 is 1.75 bits per heavy atom. The molecule has 1 aliphatic carbocycles. The Bertz CT molecular complexity index is 772. The number of amides is 1. The number of thioether (sulfide) groups is 1. The Morgan fingerprint density at radius 1 is 1.11 bits per heavy atom. The molecule has 0 spiro atoms. The van der Waals surface area contributed by atoms with Crippen LogP contribution in [-0.2, 0) is 10.2 Å². The van der Waals surface area contributed by atoms with Crippen molar-refractivity contribution in [1.82, 2.24) is 15.5 Å². The third-order valence-electron chi connectivity index (χ3n) is 5.25. The van der Waals surface area contributed by atoms with Gasteiger partial charge in [-0.05, 0) is 42.9 Å². The van der Waals surface area contributed by atoms with Crippen LogP contribution in [0.15, 0.2) is 33.9 Å². The van der Waals surface area contributed by atoms with Crippen LogP contribution in [0.5, 0.6) is 0 Å². The molecule has 152 valence electrons. The van der Waals surface area contributed by atoms with Crippen LogP contribution in [0.3, 0.4) is 0 Å². The SMILES string of the molecule is C[C@@H](Sc1nnc(-c2ccc(C(C)(C)C)cc2)o1)C(=O)NC1CCCCCC1. The van der Waals surface area contributed by atoms with E-state index in [0.29, 0.717) is 17.2 Å². The zero-order valence-corrected chi connectivity index (χ0v) is 18.1. The Balaban J connectivity index is 1.58. The van der Waals surface area contributed by atoms with E-state index in [1.165, 1.54) is 43.0 Å². The third-order valence-corrected chi connectivity index (χ3v) is 6.19. The Morgan fingerprint density at radius 3 is 2.36 bits per heavy atom. The normalized spacial score (nSPS) is 17.1. The molecule has 1 atom stereocenters. The fourth-order valence-corrected chi connectivity index (χ4v) is 4.13. The standard InChI is InChI=1S/C22H31N3O2S/c1-15(19(26)23-18-9-7-5-6-8-10-18)28-21-25-24-20(27-21)16-11-13-17(14-12-16)22(2,3)4/h11-15,18H,5-10H2,1-4H3,(H,23,26)/t15-/m1/s1. The number of hydrogen-bond donors (Lipinski definition) is 1. The molecule has 28 heavy (non-hydrogen) atoms. The molecular weight excluding hydrogens is 370 g/mol.